The summed E-state index contributed by atoms with van der Waals surface area (Å²) in [6.45, 7) is 5.70. The molecule has 1 amide bonds. The van der Waals surface area contributed by atoms with E-state index in [9.17, 15) is 9.18 Å². The van der Waals surface area contributed by atoms with E-state index in [4.69, 9.17) is 4.74 Å². The average molecular weight is 396 g/mol. The van der Waals surface area contributed by atoms with Crippen LogP contribution in [0.25, 0.3) is 0 Å². The minimum Gasteiger partial charge on any atom is -0.444 e. The molecule has 5 nitrogen and oxygen atoms in total. The third-order valence-corrected chi connectivity index (χ3v) is 3.29. The van der Waals surface area contributed by atoms with Gasteiger partial charge in [-0.25, -0.2) is 14.2 Å². The first-order chi connectivity index (χ1) is 11.2. The molecule has 0 radical (unpaired) electrons. The van der Waals surface area contributed by atoms with Crippen LogP contribution in [0, 0.1) is 5.82 Å². The molecule has 0 atom stereocenters. The van der Waals surface area contributed by atoms with E-state index in [0.29, 0.717) is 22.5 Å². The molecule has 2 rings (SSSR count). The van der Waals surface area contributed by atoms with E-state index >= 15 is 0 Å². The molecular weight excluding hydrogens is 377 g/mol. The Morgan fingerprint density at radius 1 is 1.25 bits per heavy atom. The largest absolute Gasteiger partial charge is 0.444 e. The highest BCUT2D eigenvalue weighted by Gasteiger charge is 2.17. The minimum absolute atomic E-state index is 0.381. The average Bonchev–Trinajstić information content (AvgIpc) is 2.45. The Hall–Kier alpha value is -2.15. The number of rotatable bonds is 4. The van der Waals surface area contributed by atoms with E-state index in [0.717, 1.165) is 5.69 Å². The van der Waals surface area contributed by atoms with Crippen molar-refractivity contribution in [3.8, 4) is 0 Å². The second-order valence-corrected chi connectivity index (χ2v) is 6.93. The van der Waals surface area contributed by atoms with Crippen LogP contribution >= 0.6 is 15.9 Å². The fourth-order valence-electron chi connectivity index (χ4n) is 1.92. The fourth-order valence-corrected chi connectivity index (χ4v) is 2.30. The molecule has 2 aromatic rings. The predicted octanol–water partition coefficient (Wildman–Crippen LogP) is 4.94. The molecule has 0 aliphatic carbocycles. The van der Waals surface area contributed by atoms with Crippen LogP contribution in [-0.4, -0.2) is 16.7 Å². The smallest absolute Gasteiger partial charge is 0.412 e. The van der Waals surface area contributed by atoms with Gasteiger partial charge in [0, 0.05) is 0 Å². The van der Waals surface area contributed by atoms with Crippen LogP contribution in [0.15, 0.2) is 41.0 Å². The van der Waals surface area contributed by atoms with Gasteiger partial charge in [-0.3, -0.25) is 5.32 Å². The standard InChI is InChI=1S/C17H19BrFN3O2/c1-17(2,3)24-16(23)22-13-8-7-11(19)9-14(13)20-10-12-5-4-6-15(18)21-12/h4-9,20H,10H2,1-3H3,(H,22,23). The zero-order valence-corrected chi connectivity index (χ0v) is 15.3. The highest BCUT2D eigenvalue weighted by Crippen LogP contribution is 2.24. The summed E-state index contributed by atoms with van der Waals surface area (Å²) in [4.78, 5) is 16.2. The van der Waals surface area contributed by atoms with E-state index in [1.807, 2.05) is 18.2 Å². The molecule has 2 N–H and O–H groups in total. The minimum atomic E-state index is -0.613. The number of aromatic nitrogens is 1. The number of carbonyl (C=O) groups is 1. The predicted molar refractivity (Wildman–Crippen MR) is 95.5 cm³/mol. The number of carbonyl (C=O) groups excluding carboxylic acids is 1. The number of nitrogens with zero attached hydrogens (tertiary/aromatic N) is 1. The summed E-state index contributed by atoms with van der Waals surface area (Å²) in [5.74, 6) is -0.408. The number of halogens is 2. The van der Waals surface area contributed by atoms with Crippen LogP contribution in [0.1, 0.15) is 26.5 Å². The molecule has 0 aliphatic rings. The second-order valence-electron chi connectivity index (χ2n) is 6.12. The Balaban J connectivity index is 2.11. The maximum atomic E-state index is 13.5. The molecule has 0 fully saturated rings. The molecule has 0 unspecified atom stereocenters. The van der Waals surface area contributed by atoms with Crippen molar-refractivity contribution in [1.82, 2.24) is 4.98 Å². The maximum Gasteiger partial charge on any atom is 0.412 e. The SMILES string of the molecule is CC(C)(C)OC(=O)Nc1ccc(F)cc1NCc1cccc(Br)n1. The lowest BCUT2D eigenvalue weighted by Crippen LogP contribution is -2.27. The molecule has 7 heteroatoms. The van der Waals surface area contributed by atoms with Gasteiger partial charge in [0.25, 0.3) is 0 Å². The highest BCUT2D eigenvalue weighted by atomic mass is 79.9. The van der Waals surface area contributed by atoms with Crippen molar-refractivity contribution in [3.05, 3.63) is 52.5 Å². The Bertz CT molecular complexity index is 732. The summed E-state index contributed by atoms with van der Waals surface area (Å²) >= 11 is 3.30. The molecule has 1 heterocycles. The first kappa shape index (κ1) is 18.2. The second kappa shape index (κ2) is 7.61. The van der Waals surface area contributed by atoms with Crippen LogP contribution in [0.3, 0.4) is 0 Å². The number of benzene rings is 1. The lowest BCUT2D eigenvalue weighted by atomic mass is 10.2. The number of amides is 1. The summed E-state index contributed by atoms with van der Waals surface area (Å²) < 4.78 is 19.5. The third kappa shape index (κ3) is 5.81. The quantitative estimate of drug-likeness (QED) is 0.719. The van der Waals surface area contributed by atoms with Crippen molar-refractivity contribution < 1.29 is 13.9 Å². The molecule has 128 valence electrons. The van der Waals surface area contributed by atoms with Crippen LogP contribution < -0.4 is 10.6 Å². The van der Waals surface area contributed by atoms with E-state index in [1.54, 1.807) is 20.8 Å². The van der Waals surface area contributed by atoms with Crippen LogP contribution in [0.4, 0.5) is 20.6 Å². The van der Waals surface area contributed by atoms with Gasteiger partial charge >= 0.3 is 6.09 Å². The van der Waals surface area contributed by atoms with E-state index in [-0.39, 0.29) is 0 Å². The zero-order valence-electron chi connectivity index (χ0n) is 13.7. The van der Waals surface area contributed by atoms with Gasteiger partial charge in [-0.15, -0.1) is 0 Å². The first-order valence-electron chi connectivity index (χ1n) is 7.38. The van der Waals surface area contributed by atoms with Gasteiger partial charge in [0.05, 0.1) is 23.6 Å². The van der Waals surface area contributed by atoms with E-state index in [2.05, 4.69) is 31.5 Å². The van der Waals surface area contributed by atoms with Crippen molar-refractivity contribution in [3.63, 3.8) is 0 Å². The molecule has 0 saturated heterocycles. The van der Waals surface area contributed by atoms with Gasteiger partial charge in [-0.05, 0) is 67.0 Å². The molecule has 1 aromatic carbocycles. The zero-order chi connectivity index (χ0) is 17.7. The molecule has 0 spiro atoms. The monoisotopic (exact) mass is 395 g/mol. The number of hydrogen-bond acceptors (Lipinski definition) is 4. The van der Waals surface area contributed by atoms with E-state index in [1.165, 1.54) is 18.2 Å². The van der Waals surface area contributed by atoms with Gasteiger partial charge in [-0.2, -0.15) is 0 Å². The number of hydrogen-bond donors (Lipinski definition) is 2. The molecular formula is C17H19BrFN3O2. The summed E-state index contributed by atoms with van der Waals surface area (Å²) in [5, 5.41) is 5.69. The number of pyridine rings is 1. The molecule has 24 heavy (non-hydrogen) atoms. The molecule has 0 saturated carbocycles. The Morgan fingerprint density at radius 3 is 2.67 bits per heavy atom. The number of nitrogens with one attached hydrogen (secondary N) is 2. The Kier molecular flexibility index (Phi) is 5.77. The van der Waals surface area contributed by atoms with Crippen molar-refractivity contribution in [1.29, 1.82) is 0 Å². The van der Waals surface area contributed by atoms with Gasteiger partial charge in [0.15, 0.2) is 0 Å². The summed E-state index contributed by atoms with van der Waals surface area (Å²) in [6, 6.07) is 9.59. The Morgan fingerprint density at radius 2 is 2.00 bits per heavy atom. The van der Waals surface area contributed by atoms with Crippen molar-refractivity contribution >= 4 is 33.4 Å². The topological polar surface area (TPSA) is 63.2 Å². The van der Waals surface area contributed by atoms with Gasteiger partial charge < -0.3 is 10.1 Å². The highest BCUT2D eigenvalue weighted by molar-refractivity contribution is 9.10. The van der Waals surface area contributed by atoms with Crippen LogP contribution in [0.2, 0.25) is 0 Å². The van der Waals surface area contributed by atoms with Gasteiger partial charge in [0.2, 0.25) is 0 Å². The summed E-state index contributed by atoms with van der Waals surface area (Å²) in [7, 11) is 0. The van der Waals surface area contributed by atoms with Gasteiger partial charge in [0.1, 0.15) is 16.0 Å². The van der Waals surface area contributed by atoms with Crippen molar-refractivity contribution in [2.75, 3.05) is 10.6 Å². The maximum absolute atomic E-state index is 13.5. The van der Waals surface area contributed by atoms with Crippen LogP contribution in [0.5, 0.6) is 0 Å². The number of ether oxygens (including phenoxy) is 1. The summed E-state index contributed by atoms with van der Waals surface area (Å²) in [5.41, 5.74) is 1.04. The van der Waals surface area contributed by atoms with Crippen molar-refractivity contribution in [2.24, 2.45) is 0 Å². The Labute approximate surface area is 148 Å². The normalized spacial score (nSPS) is 11.0. The first-order valence-corrected chi connectivity index (χ1v) is 8.17. The van der Waals surface area contributed by atoms with Gasteiger partial charge in [-0.1, -0.05) is 6.07 Å². The number of anilines is 2. The molecule has 1 aromatic heterocycles. The van der Waals surface area contributed by atoms with Crippen molar-refractivity contribution in [2.45, 2.75) is 32.9 Å². The fraction of sp³-hybridized carbons (Fsp3) is 0.294. The third-order valence-electron chi connectivity index (χ3n) is 2.85. The molecule has 0 bridgehead atoms. The lowest BCUT2D eigenvalue weighted by molar-refractivity contribution is 0.0636. The van der Waals surface area contributed by atoms with Crippen LogP contribution in [-0.2, 0) is 11.3 Å². The summed E-state index contributed by atoms with van der Waals surface area (Å²) in [6.07, 6.45) is -0.599. The lowest BCUT2D eigenvalue weighted by Gasteiger charge is -2.20. The molecule has 0 aliphatic heterocycles. The van der Waals surface area contributed by atoms with E-state index < -0.39 is 17.5 Å².